The highest BCUT2D eigenvalue weighted by Gasteiger charge is 2.34. The minimum absolute atomic E-state index is 0.109. The highest BCUT2D eigenvalue weighted by Crippen LogP contribution is 2.40. The fraction of sp³-hybridized carbons (Fsp3) is 0.389. The Labute approximate surface area is 194 Å². The van der Waals surface area contributed by atoms with Gasteiger partial charge in [0.2, 0.25) is 7.59 Å². The molecule has 0 atom stereocenters. The van der Waals surface area contributed by atoms with Crippen LogP contribution in [0.2, 0.25) is 0 Å². The summed E-state index contributed by atoms with van der Waals surface area (Å²) in [6.45, 7) is 2.57. The number of rotatable bonds is 7. The lowest BCUT2D eigenvalue weighted by Gasteiger charge is -2.17. The molecule has 152 valence electrons. The number of nitrogens with zero attached hydrogens (tertiary/aromatic N) is 3. The normalized spacial score (nSPS) is 12.9. The van der Waals surface area contributed by atoms with Crippen molar-refractivity contribution in [1.29, 1.82) is 0 Å². The Kier molecular flexibility index (Phi) is 8.93. The van der Waals surface area contributed by atoms with E-state index in [1.807, 2.05) is 30.3 Å². The Bertz CT molecular complexity index is 771. The highest BCUT2D eigenvalue weighted by molar-refractivity contribution is 6.67. The van der Waals surface area contributed by atoms with Gasteiger partial charge in [0.15, 0.2) is 23.2 Å². The molecule has 0 aliphatic heterocycles. The van der Waals surface area contributed by atoms with E-state index in [1.165, 1.54) is 0 Å². The molecule has 10 heteroatoms. The highest BCUT2D eigenvalue weighted by atomic mass is 35.6. The molecule has 1 aromatic carbocycles. The zero-order valence-electron chi connectivity index (χ0n) is 14.8. The Balaban J connectivity index is 2.52. The first kappa shape index (κ1) is 23.8. The molecule has 0 saturated heterocycles. The third-order valence-corrected chi connectivity index (χ3v) is 4.48. The molecule has 0 aliphatic rings. The quantitative estimate of drug-likeness (QED) is 0.227. The van der Waals surface area contributed by atoms with Crippen LogP contribution in [0.25, 0.3) is 11.8 Å². The predicted molar refractivity (Wildman–Crippen MR) is 118 cm³/mol. The average molecular weight is 504 g/mol. The molecule has 0 fully saturated rings. The van der Waals surface area contributed by atoms with E-state index in [4.69, 9.17) is 74.3 Å². The maximum Gasteiger partial charge on any atom is 0.250 e. The van der Waals surface area contributed by atoms with Crippen LogP contribution in [0.4, 0.5) is 0 Å². The molecule has 0 N–H and O–H groups in total. The van der Waals surface area contributed by atoms with E-state index in [0.717, 1.165) is 24.8 Å². The largest absolute Gasteiger partial charge is 0.490 e. The molecule has 0 amide bonds. The van der Waals surface area contributed by atoms with Crippen molar-refractivity contribution in [1.82, 2.24) is 15.0 Å². The lowest BCUT2D eigenvalue weighted by Crippen LogP contribution is -2.18. The van der Waals surface area contributed by atoms with Crippen molar-refractivity contribution in [3.8, 4) is 0 Å². The van der Waals surface area contributed by atoms with Gasteiger partial charge in [-0.2, -0.15) is 0 Å². The number of hydrogen-bond acceptors (Lipinski definition) is 4. The SMILES string of the molecule is CCCCCOC(=Cc1ccccc1)c1nc(C(Cl)(Cl)Cl)nc(C(Cl)(Cl)Cl)n1. The van der Waals surface area contributed by atoms with Crippen LogP contribution in [0.3, 0.4) is 0 Å². The third-order valence-electron chi connectivity index (χ3n) is 3.47. The minimum Gasteiger partial charge on any atom is -0.490 e. The number of ether oxygens (including phenoxy) is 1. The first-order valence-corrected chi connectivity index (χ1v) is 10.7. The predicted octanol–water partition coefficient (Wildman–Crippen LogP) is 7.23. The zero-order chi connectivity index (χ0) is 20.8. The van der Waals surface area contributed by atoms with Gasteiger partial charge in [-0.1, -0.05) is 120 Å². The summed E-state index contributed by atoms with van der Waals surface area (Å²) in [5.74, 6) is 0.133. The van der Waals surface area contributed by atoms with Crippen molar-refractivity contribution in [2.24, 2.45) is 0 Å². The van der Waals surface area contributed by atoms with Gasteiger partial charge < -0.3 is 4.74 Å². The van der Waals surface area contributed by atoms with Crippen LogP contribution in [0.5, 0.6) is 0 Å². The number of benzene rings is 1. The van der Waals surface area contributed by atoms with Crippen LogP contribution in [-0.4, -0.2) is 21.6 Å². The zero-order valence-corrected chi connectivity index (χ0v) is 19.3. The van der Waals surface area contributed by atoms with E-state index in [9.17, 15) is 0 Å². The van der Waals surface area contributed by atoms with Crippen molar-refractivity contribution in [2.45, 2.75) is 33.8 Å². The molecule has 0 saturated carbocycles. The molecule has 4 nitrogen and oxygen atoms in total. The minimum atomic E-state index is -1.93. The second kappa shape index (κ2) is 10.5. The maximum atomic E-state index is 5.95. The van der Waals surface area contributed by atoms with Crippen LogP contribution in [0, 0.1) is 0 Å². The van der Waals surface area contributed by atoms with Crippen LogP contribution >= 0.6 is 69.6 Å². The molecule has 0 spiro atoms. The summed E-state index contributed by atoms with van der Waals surface area (Å²) >= 11 is 35.7. The molecule has 0 unspecified atom stereocenters. The van der Waals surface area contributed by atoms with Crippen LogP contribution in [-0.2, 0) is 12.3 Å². The molecular formula is C18H17Cl6N3O. The molecule has 0 bridgehead atoms. The van der Waals surface area contributed by atoms with E-state index in [1.54, 1.807) is 6.08 Å². The fourth-order valence-electron chi connectivity index (χ4n) is 2.15. The Hall–Kier alpha value is -0.490. The van der Waals surface area contributed by atoms with Crippen molar-refractivity contribution in [2.75, 3.05) is 6.61 Å². The van der Waals surface area contributed by atoms with Gasteiger partial charge in [0.25, 0.3) is 0 Å². The monoisotopic (exact) mass is 501 g/mol. The topological polar surface area (TPSA) is 47.9 Å². The summed E-state index contributed by atoms with van der Waals surface area (Å²) in [6, 6.07) is 9.51. The maximum absolute atomic E-state index is 5.95. The summed E-state index contributed by atoms with van der Waals surface area (Å²) in [7, 11) is 0. The van der Waals surface area contributed by atoms with Crippen molar-refractivity contribution in [3.63, 3.8) is 0 Å². The second-order valence-electron chi connectivity index (χ2n) is 5.78. The fourth-order valence-corrected chi connectivity index (χ4v) is 2.65. The third kappa shape index (κ3) is 7.40. The summed E-state index contributed by atoms with van der Waals surface area (Å²) in [6.07, 6.45) is 4.71. The van der Waals surface area contributed by atoms with Crippen LogP contribution < -0.4 is 0 Å². The van der Waals surface area contributed by atoms with Gasteiger partial charge in [0, 0.05) is 0 Å². The molecule has 0 radical (unpaired) electrons. The molecule has 2 aromatic rings. The Morgan fingerprint density at radius 1 is 0.893 bits per heavy atom. The Morgan fingerprint density at radius 3 is 1.96 bits per heavy atom. The van der Waals surface area contributed by atoms with Crippen molar-refractivity contribution in [3.05, 3.63) is 53.4 Å². The van der Waals surface area contributed by atoms with E-state index in [2.05, 4.69) is 21.9 Å². The van der Waals surface area contributed by atoms with E-state index in [0.29, 0.717) is 12.4 Å². The smallest absolute Gasteiger partial charge is 0.250 e. The van der Waals surface area contributed by atoms with Gasteiger partial charge in [0.1, 0.15) is 0 Å². The summed E-state index contributed by atoms with van der Waals surface area (Å²) in [5.41, 5.74) is 0.874. The molecular weight excluding hydrogens is 487 g/mol. The lowest BCUT2D eigenvalue weighted by atomic mass is 10.2. The number of unbranched alkanes of at least 4 members (excludes halogenated alkanes) is 2. The van der Waals surface area contributed by atoms with Crippen LogP contribution in [0.15, 0.2) is 30.3 Å². The van der Waals surface area contributed by atoms with E-state index in [-0.39, 0.29) is 17.5 Å². The van der Waals surface area contributed by atoms with Crippen molar-refractivity contribution >= 4 is 81.4 Å². The van der Waals surface area contributed by atoms with Crippen LogP contribution in [0.1, 0.15) is 49.2 Å². The first-order valence-electron chi connectivity index (χ1n) is 8.41. The van der Waals surface area contributed by atoms with Crippen molar-refractivity contribution < 1.29 is 4.74 Å². The molecule has 1 heterocycles. The molecule has 0 aliphatic carbocycles. The standard InChI is InChI=1S/C18H17Cl6N3O/c1-2-3-7-10-28-13(11-12-8-5-4-6-9-12)14-25-15(17(19,20)21)27-16(26-14)18(22,23)24/h4-6,8-9,11H,2-3,7,10H2,1H3. The molecule has 1 aromatic heterocycles. The second-order valence-corrected chi connectivity index (χ2v) is 10.3. The number of halogens is 6. The summed E-state index contributed by atoms with van der Waals surface area (Å²) in [4.78, 5) is 12.4. The van der Waals surface area contributed by atoms with Gasteiger partial charge >= 0.3 is 0 Å². The lowest BCUT2D eigenvalue weighted by molar-refractivity contribution is 0.266. The summed E-state index contributed by atoms with van der Waals surface area (Å²) < 4.78 is 2.06. The van der Waals surface area contributed by atoms with Gasteiger partial charge in [-0.05, 0) is 18.1 Å². The summed E-state index contributed by atoms with van der Waals surface area (Å²) in [5, 5.41) is 0. The van der Waals surface area contributed by atoms with Gasteiger partial charge in [-0.25, -0.2) is 15.0 Å². The van der Waals surface area contributed by atoms with Gasteiger partial charge in [0.05, 0.1) is 6.61 Å². The van der Waals surface area contributed by atoms with E-state index < -0.39 is 7.59 Å². The first-order chi connectivity index (χ1) is 13.1. The molecule has 28 heavy (non-hydrogen) atoms. The number of alkyl halides is 6. The van der Waals surface area contributed by atoms with E-state index >= 15 is 0 Å². The number of aromatic nitrogens is 3. The average Bonchev–Trinajstić information content (AvgIpc) is 2.63. The Morgan fingerprint density at radius 2 is 1.46 bits per heavy atom. The number of hydrogen-bond donors (Lipinski definition) is 0. The van der Waals surface area contributed by atoms with Gasteiger partial charge in [-0.3, -0.25) is 0 Å². The van der Waals surface area contributed by atoms with Gasteiger partial charge in [-0.15, -0.1) is 0 Å². The molecule has 2 rings (SSSR count).